The van der Waals surface area contributed by atoms with Crippen molar-refractivity contribution in [2.45, 2.75) is 26.1 Å². The van der Waals surface area contributed by atoms with Gasteiger partial charge in [0.15, 0.2) is 6.61 Å². The Morgan fingerprint density at radius 2 is 1.83 bits per heavy atom. The minimum Gasteiger partial charge on any atom is -0.452 e. The molecule has 9 nitrogen and oxygen atoms in total. The van der Waals surface area contributed by atoms with Crippen LogP contribution in [0.4, 0.5) is 17.1 Å². The highest BCUT2D eigenvalue weighted by Crippen LogP contribution is 2.29. The van der Waals surface area contributed by atoms with Gasteiger partial charge in [-0.15, -0.1) is 0 Å². The fourth-order valence-electron chi connectivity index (χ4n) is 3.28. The topological polar surface area (TPSA) is 111 Å². The average Bonchev–Trinajstić information content (AvgIpc) is 2.72. The van der Waals surface area contributed by atoms with Gasteiger partial charge < -0.3 is 19.7 Å². The van der Waals surface area contributed by atoms with Crippen molar-refractivity contribution in [1.29, 1.82) is 0 Å². The first-order valence-electron chi connectivity index (χ1n) is 9.54. The molecular weight excluding hydrogens is 390 g/mol. The minimum atomic E-state index is -0.799. The Kier molecular flexibility index (Phi) is 6.63. The second kappa shape index (κ2) is 9.36. The molecule has 3 rings (SSSR count). The summed E-state index contributed by atoms with van der Waals surface area (Å²) < 4.78 is 10.7. The molecule has 2 aromatic carbocycles. The molecule has 2 atom stereocenters. The van der Waals surface area contributed by atoms with Gasteiger partial charge in [0.05, 0.1) is 22.7 Å². The molecule has 9 heteroatoms. The van der Waals surface area contributed by atoms with E-state index < -0.39 is 17.5 Å². The van der Waals surface area contributed by atoms with Crippen LogP contribution in [-0.2, 0) is 14.3 Å². The summed E-state index contributed by atoms with van der Waals surface area (Å²) in [7, 11) is 0. The SMILES string of the molecule is C[C@@H]1CN(C(=O)COC(=O)c2ccc(Nc3ccccc3)c([N+](=O)[O-])c2)C[C@@H](C)O1. The number of esters is 1. The summed E-state index contributed by atoms with van der Waals surface area (Å²) in [6.45, 7) is 4.15. The minimum absolute atomic E-state index is 0.00294. The third-order valence-electron chi connectivity index (χ3n) is 4.58. The summed E-state index contributed by atoms with van der Waals surface area (Å²) >= 11 is 0. The number of nitro groups is 1. The number of morpholine rings is 1. The normalized spacial score (nSPS) is 18.5. The average molecular weight is 413 g/mol. The molecule has 1 heterocycles. The van der Waals surface area contributed by atoms with Gasteiger partial charge in [-0.2, -0.15) is 0 Å². The predicted octanol–water partition coefficient (Wildman–Crippen LogP) is 3.13. The Bertz CT molecular complexity index is 924. The summed E-state index contributed by atoms with van der Waals surface area (Å²) in [4.78, 5) is 37.1. The van der Waals surface area contributed by atoms with Crippen molar-refractivity contribution in [2.24, 2.45) is 0 Å². The summed E-state index contributed by atoms with van der Waals surface area (Å²) in [5.41, 5.74) is 0.651. The van der Waals surface area contributed by atoms with Gasteiger partial charge >= 0.3 is 5.97 Å². The predicted molar refractivity (Wildman–Crippen MR) is 110 cm³/mol. The molecule has 2 aromatic rings. The zero-order chi connectivity index (χ0) is 21.7. The van der Waals surface area contributed by atoms with Gasteiger partial charge in [-0.1, -0.05) is 18.2 Å². The number of carbonyl (C=O) groups is 2. The van der Waals surface area contributed by atoms with Gasteiger partial charge in [0.2, 0.25) is 0 Å². The smallest absolute Gasteiger partial charge is 0.338 e. The quantitative estimate of drug-likeness (QED) is 0.440. The van der Waals surface area contributed by atoms with Crippen molar-refractivity contribution in [3.05, 3.63) is 64.2 Å². The summed E-state index contributed by atoms with van der Waals surface area (Å²) in [5, 5.41) is 14.4. The molecule has 1 fully saturated rings. The van der Waals surface area contributed by atoms with Crippen LogP contribution in [0.2, 0.25) is 0 Å². The molecule has 1 N–H and O–H groups in total. The Hall–Kier alpha value is -3.46. The maximum Gasteiger partial charge on any atom is 0.338 e. The van der Waals surface area contributed by atoms with Gasteiger partial charge in [0, 0.05) is 24.8 Å². The molecule has 30 heavy (non-hydrogen) atoms. The Labute approximate surface area is 173 Å². The number of nitrogens with zero attached hydrogens (tertiary/aromatic N) is 2. The molecule has 0 aliphatic carbocycles. The van der Waals surface area contributed by atoms with E-state index >= 15 is 0 Å². The fraction of sp³-hybridized carbons (Fsp3) is 0.333. The van der Waals surface area contributed by atoms with Crippen LogP contribution in [0.25, 0.3) is 0 Å². The third-order valence-corrected chi connectivity index (χ3v) is 4.58. The van der Waals surface area contributed by atoms with E-state index in [1.807, 2.05) is 19.9 Å². The number of rotatable bonds is 6. The van der Waals surface area contributed by atoms with Crippen LogP contribution in [0.5, 0.6) is 0 Å². The molecule has 0 radical (unpaired) electrons. The van der Waals surface area contributed by atoms with Crippen molar-refractivity contribution in [3.63, 3.8) is 0 Å². The number of para-hydroxylation sites is 1. The van der Waals surface area contributed by atoms with E-state index in [2.05, 4.69) is 5.32 Å². The number of nitro benzene ring substituents is 1. The van der Waals surface area contributed by atoms with Gasteiger partial charge in [-0.05, 0) is 38.1 Å². The highest BCUT2D eigenvalue weighted by Gasteiger charge is 2.27. The maximum atomic E-state index is 12.3. The standard InChI is InChI=1S/C21H23N3O6/c1-14-11-23(12-15(2)30-14)20(25)13-29-21(26)16-8-9-18(19(10-16)24(27)28)22-17-6-4-3-5-7-17/h3-10,14-15,22H,11-13H2,1-2H3/t14-,15-/m1/s1. The lowest BCUT2D eigenvalue weighted by molar-refractivity contribution is -0.383. The Balaban J connectivity index is 1.66. The number of ether oxygens (including phenoxy) is 2. The van der Waals surface area contributed by atoms with E-state index in [0.717, 1.165) is 6.07 Å². The summed E-state index contributed by atoms with van der Waals surface area (Å²) in [6.07, 6.45) is -0.193. The molecule has 1 amide bonds. The lowest BCUT2D eigenvalue weighted by Crippen LogP contribution is -2.49. The molecule has 0 aromatic heterocycles. The number of nitrogens with one attached hydrogen (secondary N) is 1. The van der Waals surface area contributed by atoms with Crippen LogP contribution >= 0.6 is 0 Å². The summed E-state index contributed by atoms with van der Waals surface area (Å²) in [6, 6.07) is 13.0. The van der Waals surface area contributed by atoms with E-state index in [9.17, 15) is 19.7 Å². The van der Waals surface area contributed by atoms with E-state index in [-0.39, 0.29) is 35.1 Å². The van der Waals surface area contributed by atoms with E-state index in [0.29, 0.717) is 18.8 Å². The highest BCUT2D eigenvalue weighted by molar-refractivity contribution is 5.93. The molecule has 0 bridgehead atoms. The largest absolute Gasteiger partial charge is 0.452 e. The monoisotopic (exact) mass is 413 g/mol. The number of hydrogen-bond donors (Lipinski definition) is 1. The fourth-order valence-corrected chi connectivity index (χ4v) is 3.28. The van der Waals surface area contributed by atoms with E-state index in [1.54, 1.807) is 29.2 Å². The van der Waals surface area contributed by atoms with Crippen LogP contribution in [0.15, 0.2) is 48.5 Å². The molecule has 1 saturated heterocycles. The molecule has 1 aliphatic rings. The first-order chi connectivity index (χ1) is 14.3. The first kappa shape index (κ1) is 21.3. The second-order valence-electron chi connectivity index (χ2n) is 7.11. The van der Waals surface area contributed by atoms with Crippen LogP contribution in [0, 0.1) is 10.1 Å². The van der Waals surface area contributed by atoms with Crippen molar-refractivity contribution in [2.75, 3.05) is 25.0 Å². The summed E-state index contributed by atoms with van der Waals surface area (Å²) in [5.74, 6) is -1.13. The van der Waals surface area contributed by atoms with Crippen LogP contribution in [0.3, 0.4) is 0 Å². The zero-order valence-corrected chi connectivity index (χ0v) is 16.7. The van der Waals surface area contributed by atoms with E-state index in [1.165, 1.54) is 12.1 Å². The number of carbonyl (C=O) groups excluding carboxylic acids is 2. The maximum absolute atomic E-state index is 12.3. The zero-order valence-electron chi connectivity index (χ0n) is 16.7. The molecular formula is C21H23N3O6. The molecule has 158 valence electrons. The van der Waals surface area contributed by atoms with Gasteiger partial charge in [0.1, 0.15) is 5.69 Å². The van der Waals surface area contributed by atoms with Crippen molar-refractivity contribution < 1.29 is 24.0 Å². The Morgan fingerprint density at radius 1 is 1.17 bits per heavy atom. The second-order valence-corrected chi connectivity index (χ2v) is 7.11. The number of anilines is 2. The van der Waals surface area contributed by atoms with Crippen LogP contribution in [-0.4, -0.2) is 53.6 Å². The Morgan fingerprint density at radius 3 is 2.47 bits per heavy atom. The molecule has 0 saturated carbocycles. The van der Waals surface area contributed by atoms with Gasteiger partial charge in [-0.25, -0.2) is 4.79 Å². The van der Waals surface area contributed by atoms with Crippen molar-refractivity contribution in [3.8, 4) is 0 Å². The van der Waals surface area contributed by atoms with Crippen LogP contribution < -0.4 is 5.32 Å². The van der Waals surface area contributed by atoms with Crippen molar-refractivity contribution in [1.82, 2.24) is 4.90 Å². The van der Waals surface area contributed by atoms with E-state index in [4.69, 9.17) is 9.47 Å². The lowest BCUT2D eigenvalue weighted by Gasteiger charge is -2.35. The molecule has 0 unspecified atom stereocenters. The van der Waals surface area contributed by atoms with Gasteiger partial charge in [-0.3, -0.25) is 14.9 Å². The lowest BCUT2D eigenvalue weighted by atomic mass is 10.1. The van der Waals surface area contributed by atoms with Crippen molar-refractivity contribution >= 4 is 28.9 Å². The molecule has 0 spiro atoms. The number of amides is 1. The van der Waals surface area contributed by atoms with Crippen LogP contribution in [0.1, 0.15) is 24.2 Å². The highest BCUT2D eigenvalue weighted by atomic mass is 16.6. The number of hydrogen-bond acceptors (Lipinski definition) is 7. The van der Waals surface area contributed by atoms with Gasteiger partial charge in [0.25, 0.3) is 11.6 Å². The molecule has 1 aliphatic heterocycles. The first-order valence-corrected chi connectivity index (χ1v) is 9.54. The third kappa shape index (κ3) is 5.32. The number of benzene rings is 2.